The monoisotopic (exact) mass is 550 g/mol. The quantitative estimate of drug-likeness (QED) is 0.558. The van der Waals surface area contributed by atoms with E-state index in [1.165, 1.54) is 6.20 Å². The Hall–Kier alpha value is -3.40. The van der Waals surface area contributed by atoms with Crippen molar-refractivity contribution in [2.45, 2.75) is 38.5 Å². The number of rotatable bonds is 6. The first kappa shape index (κ1) is 27.2. The van der Waals surface area contributed by atoms with Gasteiger partial charge in [-0.05, 0) is 44.0 Å². The number of hydrogen-bond donors (Lipinski definition) is 2. The number of amides is 3. The Morgan fingerprint density at radius 1 is 1.28 bits per heavy atom. The minimum Gasteiger partial charge on any atom is -0.378 e. The molecule has 3 amide bonds. The van der Waals surface area contributed by atoms with Crippen LogP contribution in [0.5, 0.6) is 0 Å². The van der Waals surface area contributed by atoms with Gasteiger partial charge in [0.25, 0.3) is 0 Å². The molecule has 206 valence electrons. The zero-order valence-electron chi connectivity index (χ0n) is 22.6. The number of carbonyl (C=O) groups is 2. The van der Waals surface area contributed by atoms with Crippen LogP contribution in [0.2, 0.25) is 0 Å². The molecule has 2 aromatic rings. The highest BCUT2D eigenvalue weighted by atomic mass is 32.2. The van der Waals surface area contributed by atoms with Crippen LogP contribution in [0.15, 0.2) is 18.3 Å². The molecule has 0 saturated carbocycles. The van der Waals surface area contributed by atoms with Crippen LogP contribution >= 0.6 is 11.8 Å². The van der Waals surface area contributed by atoms with Gasteiger partial charge in [-0.3, -0.25) is 19.9 Å². The van der Waals surface area contributed by atoms with E-state index in [2.05, 4.69) is 27.8 Å². The average Bonchev–Trinajstić information content (AvgIpc) is 3.37. The number of ether oxygens (including phenoxy) is 1. The van der Waals surface area contributed by atoms with Crippen molar-refractivity contribution in [3.63, 3.8) is 0 Å². The third kappa shape index (κ3) is 5.95. The molecule has 5 rings (SSSR count). The molecular weight excluding hydrogens is 516 g/mol. The number of nitrogens with one attached hydrogen (secondary N) is 2. The van der Waals surface area contributed by atoms with Crippen molar-refractivity contribution in [1.29, 1.82) is 5.26 Å². The van der Waals surface area contributed by atoms with Gasteiger partial charge in [0.1, 0.15) is 17.7 Å². The SMILES string of the molecule is COC1CSCC1Nc1cc(NC(=O)N2CCCc3cc(CN4CCN(C)CC4=O)c(C)nc32)ncc1C#N. The first-order valence-electron chi connectivity index (χ1n) is 13.2. The lowest BCUT2D eigenvalue weighted by molar-refractivity contribution is -0.136. The number of aromatic nitrogens is 2. The van der Waals surface area contributed by atoms with Crippen LogP contribution in [0.3, 0.4) is 0 Å². The summed E-state index contributed by atoms with van der Waals surface area (Å²) in [5.74, 6) is 2.88. The Balaban J connectivity index is 1.31. The van der Waals surface area contributed by atoms with Crippen LogP contribution in [-0.4, -0.2) is 95.7 Å². The Morgan fingerprint density at radius 2 is 2.13 bits per heavy atom. The first-order chi connectivity index (χ1) is 18.9. The van der Waals surface area contributed by atoms with Gasteiger partial charge in [0, 0.05) is 62.8 Å². The van der Waals surface area contributed by atoms with E-state index in [0.717, 1.165) is 47.7 Å². The van der Waals surface area contributed by atoms with E-state index in [1.807, 2.05) is 23.8 Å². The second-order valence-corrected chi connectivity index (χ2v) is 11.3. The van der Waals surface area contributed by atoms with Crippen molar-refractivity contribution in [2.24, 2.45) is 0 Å². The first-order valence-corrected chi connectivity index (χ1v) is 14.3. The highest BCUT2D eigenvalue weighted by Gasteiger charge is 2.30. The zero-order chi connectivity index (χ0) is 27.5. The third-order valence-corrected chi connectivity index (χ3v) is 8.66. The predicted molar refractivity (Wildman–Crippen MR) is 151 cm³/mol. The number of urea groups is 1. The molecule has 0 aromatic carbocycles. The highest BCUT2D eigenvalue weighted by molar-refractivity contribution is 7.99. The van der Waals surface area contributed by atoms with Crippen LogP contribution < -0.4 is 15.5 Å². The fourth-order valence-electron chi connectivity index (χ4n) is 5.20. The Bertz CT molecular complexity index is 1300. The topological polar surface area (TPSA) is 127 Å². The molecule has 2 unspecified atom stereocenters. The summed E-state index contributed by atoms with van der Waals surface area (Å²) in [6.07, 6.45) is 3.15. The summed E-state index contributed by atoms with van der Waals surface area (Å²) in [7, 11) is 3.65. The summed E-state index contributed by atoms with van der Waals surface area (Å²) in [4.78, 5) is 40.6. The maximum absolute atomic E-state index is 13.4. The molecule has 2 aromatic heterocycles. The van der Waals surface area contributed by atoms with Crippen LogP contribution in [0.1, 0.15) is 28.8 Å². The third-order valence-electron chi connectivity index (χ3n) is 7.50. The number of carbonyl (C=O) groups excluding carboxylic acids is 2. The number of likely N-dealkylation sites (N-methyl/N-ethyl adjacent to an activating group) is 1. The Kier molecular flexibility index (Phi) is 8.20. The van der Waals surface area contributed by atoms with Gasteiger partial charge < -0.3 is 15.0 Å². The second kappa shape index (κ2) is 11.8. The van der Waals surface area contributed by atoms with Gasteiger partial charge in [0.05, 0.1) is 29.9 Å². The summed E-state index contributed by atoms with van der Waals surface area (Å²) >= 11 is 1.80. The standard InChI is InChI=1S/C27H34N8O3S/c1-17-19(13-34-8-7-33(2)14-25(34)36)9-18-5-4-6-35(26(18)30-17)27(37)32-24-10-21(20(11-28)12-29-24)31-22-15-39-16-23(22)38-3/h9-10,12,22-23H,4-8,13-16H2,1-3H3,(H2,29,31,32,37). The fourth-order valence-corrected chi connectivity index (χ4v) is 6.49. The molecule has 2 saturated heterocycles. The number of fused-ring (bicyclic) bond motifs is 1. The summed E-state index contributed by atoms with van der Waals surface area (Å²) < 4.78 is 5.56. The van der Waals surface area contributed by atoms with Gasteiger partial charge in [-0.2, -0.15) is 17.0 Å². The molecule has 0 spiro atoms. The lowest BCUT2D eigenvalue weighted by atomic mass is 10.0. The molecule has 3 aliphatic heterocycles. The van der Waals surface area contributed by atoms with Crippen molar-refractivity contribution in [1.82, 2.24) is 19.8 Å². The number of methoxy groups -OCH3 is 1. The number of hydrogen-bond acceptors (Lipinski definition) is 9. The zero-order valence-corrected chi connectivity index (χ0v) is 23.4. The number of aryl methyl sites for hydroxylation is 2. The van der Waals surface area contributed by atoms with Crippen LogP contribution in [0, 0.1) is 18.3 Å². The number of thioether (sulfide) groups is 1. The number of nitriles is 1. The minimum atomic E-state index is -0.320. The maximum Gasteiger partial charge on any atom is 0.328 e. The van der Waals surface area contributed by atoms with Crippen molar-refractivity contribution in [3.05, 3.63) is 40.7 Å². The van der Waals surface area contributed by atoms with Crippen molar-refractivity contribution < 1.29 is 14.3 Å². The predicted octanol–water partition coefficient (Wildman–Crippen LogP) is 2.46. The van der Waals surface area contributed by atoms with E-state index in [0.29, 0.717) is 49.1 Å². The van der Waals surface area contributed by atoms with Gasteiger partial charge in [0.2, 0.25) is 5.91 Å². The van der Waals surface area contributed by atoms with E-state index in [1.54, 1.807) is 29.8 Å². The molecule has 11 nitrogen and oxygen atoms in total. The molecule has 0 aliphatic carbocycles. The summed E-state index contributed by atoms with van der Waals surface area (Å²) in [5, 5.41) is 15.9. The second-order valence-electron chi connectivity index (χ2n) is 10.2. The number of piperazine rings is 1. The molecule has 2 atom stereocenters. The van der Waals surface area contributed by atoms with E-state index in [-0.39, 0.29) is 24.1 Å². The van der Waals surface area contributed by atoms with Gasteiger partial charge in [0.15, 0.2) is 0 Å². The lowest BCUT2D eigenvalue weighted by Gasteiger charge is -2.33. The molecule has 3 aliphatic rings. The van der Waals surface area contributed by atoms with Crippen molar-refractivity contribution in [2.75, 3.05) is 67.4 Å². The Morgan fingerprint density at radius 3 is 2.90 bits per heavy atom. The van der Waals surface area contributed by atoms with E-state index < -0.39 is 0 Å². The number of nitrogens with zero attached hydrogens (tertiary/aromatic N) is 6. The van der Waals surface area contributed by atoms with E-state index in [4.69, 9.17) is 9.72 Å². The molecule has 5 heterocycles. The molecule has 2 N–H and O–H groups in total. The normalized spacial score (nSPS) is 21.4. The van der Waals surface area contributed by atoms with Gasteiger partial charge in [-0.25, -0.2) is 14.8 Å². The number of anilines is 3. The van der Waals surface area contributed by atoms with Crippen molar-refractivity contribution in [3.8, 4) is 6.07 Å². The highest BCUT2D eigenvalue weighted by Crippen LogP contribution is 2.30. The average molecular weight is 551 g/mol. The van der Waals surface area contributed by atoms with Gasteiger partial charge in [-0.15, -0.1) is 0 Å². The van der Waals surface area contributed by atoms with Crippen LogP contribution in [0.4, 0.5) is 22.1 Å². The number of pyridine rings is 2. The molecule has 0 bridgehead atoms. The summed E-state index contributed by atoms with van der Waals surface area (Å²) in [6, 6.07) is 5.71. The summed E-state index contributed by atoms with van der Waals surface area (Å²) in [6.45, 7) is 4.97. The fraction of sp³-hybridized carbons (Fsp3) is 0.519. The van der Waals surface area contributed by atoms with Crippen molar-refractivity contribution >= 4 is 41.0 Å². The maximum atomic E-state index is 13.4. The smallest absolute Gasteiger partial charge is 0.328 e. The molecule has 12 heteroatoms. The molecule has 2 fully saturated rings. The van der Waals surface area contributed by atoms with Crippen LogP contribution in [0.25, 0.3) is 0 Å². The lowest BCUT2D eigenvalue weighted by Crippen LogP contribution is -2.48. The van der Waals surface area contributed by atoms with Gasteiger partial charge in [-0.1, -0.05) is 0 Å². The van der Waals surface area contributed by atoms with Gasteiger partial charge >= 0.3 is 6.03 Å². The van der Waals surface area contributed by atoms with Crippen LogP contribution in [-0.2, 0) is 22.5 Å². The molecular formula is C27H34N8O3S. The summed E-state index contributed by atoms with van der Waals surface area (Å²) in [5.41, 5.74) is 3.85. The van der Waals surface area contributed by atoms with E-state index >= 15 is 0 Å². The van der Waals surface area contributed by atoms with E-state index in [9.17, 15) is 14.9 Å². The minimum absolute atomic E-state index is 0.0474. The molecule has 0 radical (unpaired) electrons. The molecule has 39 heavy (non-hydrogen) atoms. The largest absolute Gasteiger partial charge is 0.378 e. The Labute approximate surface area is 232 Å².